The summed E-state index contributed by atoms with van der Waals surface area (Å²) in [5.41, 5.74) is 0.989. The molecule has 2 aromatic rings. The third-order valence-corrected chi connectivity index (χ3v) is 3.51. The van der Waals surface area contributed by atoms with Gasteiger partial charge in [0.1, 0.15) is 11.6 Å². The minimum atomic E-state index is -0.144. The standard InChI is InChI=1S/C18H25N5O3/c1-5-16(24)22-18-21-13(3)20-17(23-18)19-12(2)10-26-11-14-8-6-7-9-15(14)25-4/h6-9,12H,5,10-11H2,1-4H3,(H2,19,20,21,22,23,24). The van der Waals surface area contributed by atoms with E-state index in [0.29, 0.717) is 31.4 Å². The Morgan fingerprint density at radius 3 is 2.65 bits per heavy atom. The van der Waals surface area contributed by atoms with Crippen LogP contribution in [0.3, 0.4) is 0 Å². The van der Waals surface area contributed by atoms with Crippen molar-refractivity contribution in [2.45, 2.75) is 39.8 Å². The number of aromatic nitrogens is 3. The number of carbonyl (C=O) groups is 1. The van der Waals surface area contributed by atoms with Gasteiger partial charge in [-0.2, -0.15) is 15.0 Å². The summed E-state index contributed by atoms with van der Waals surface area (Å²) in [6.07, 6.45) is 0.362. The second kappa shape index (κ2) is 9.67. The number of methoxy groups -OCH3 is 1. The van der Waals surface area contributed by atoms with Crippen molar-refractivity contribution in [2.24, 2.45) is 0 Å². The number of hydrogen-bond donors (Lipinski definition) is 2. The van der Waals surface area contributed by atoms with Crippen LogP contribution in [0, 0.1) is 6.92 Å². The Hall–Kier alpha value is -2.74. The van der Waals surface area contributed by atoms with Crippen LogP contribution in [0.25, 0.3) is 0 Å². The number of ether oxygens (including phenoxy) is 2. The first kappa shape index (κ1) is 19.6. The molecule has 2 N–H and O–H groups in total. The summed E-state index contributed by atoms with van der Waals surface area (Å²) in [7, 11) is 1.64. The molecule has 0 aliphatic carbocycles. The number of rotatable bonds is 9. The van der Waals surface area contributed by atoms with Crippen LogP contribution in [0.15, 0.2) is 24.3 Å². The number of carbonyl (C=O) groups excluding carboxylic acids is 1. The van der Waals surface area contributed by atoms with E-state index in [1.807, 2.05) is 31.2 Å². The maximum absolute atomic E-state index is 11.5. The molecule has 0 aliphatic heterocycles. The van der Waals surface area contributed by atoms with E-state index < -0.39 is 0 Å². The fourth-order valence-electron chi connectivity index (χ4n) is 2.25. The molecule has 0 bridgehead atoms. The highest BCUT2D eigenvalue weighted by Crippen LogP contribution is 2.18. The molecule has 1 unspecified atom stereocenters. The minimum absolute atomic E-state index is 0.0266. The second-order valence-electron chi connectivity index (χ2n) is 5.80. The monoisotopic (exact) mass is 359 g/mol. The molecule has 0 spiro atoms. The van der Waals surface area contributed by atoms with Crippen LogP contribution in [0.1, 0.15) is 31.7 Å². The SMILES string of the molecule is CCC(=O)Nc1nc(C)nc(NC(C)COCc2ccccc2OC)n1. The number of nitrogens with zero attached hydrogens (tertiary/aromatic N) is 3. The van der Waals surface area contributed by atoms with Crippen LogP contribution in [0.2, 0.25) is 0 Å². The van der Waals surface area contributed by atoms with Crippen molar-refractivity contribution in [2.75, 3.05) is 24.4 Å². The lowest BCUT2D eigenvalue weighted by atomic mass is 10.2. The van der Waals surface area contributed by atoms with Crippen molar-refractivity contribution >= 4 is 17.8 Å². The summed E-state index contributed by atoms with van der Waals surface area (Å²) < 4.78 is 11.1. The smallest absolute Gasteiger partial charge is 0.234 e. The predicted molar refractivity (Wildman–Crippen MR) is 99.2 cm³/mol. The summed E-state index contributed by atoms with van der Waals surface area (Å²) in [5.74, 6) is 1.83. The third-order valence-electron chi connectivity index (χ3n) is 3.51. The maximum Gasteiger partial charge on any atom is 0.234 e. The molecule has 0 aliphatic rings. The van der Waals surface area contributed by atoms with Crippen molar-refractivity contribution in [3.63, 3.8) is 0 Å². The molecule has 0 fully saturated rings. The summed E-state index contributed by atoms with van der Waals surface area (Å²) in [5, 5.41) is 5.80. The van der Waals surface area contributed by atoms with Gasteiger partial charge in [0.15, 0.2) is 0 Å². The fourth-order valence-corrected chi connectivity index (χ4v) is 2.25. The van der Waals surface area contributed by atoms with Crippen LogP contribution in [-0.2, 0) is 16.1 Å². The van der Waals surface area contributed by atoms with E-state index in [2.05, 4.69) is 25.6 Å². The number of aryl methyl sites for hydroxylation is 1. The highest BCUT2D eigenvalue weighted by molar-refractivity contribution is 5.88. The van der Waals surface area contributed by atoms with Gasteiger partial charge in [-0.05, 0) is 19.9 Å². The van der Waals surface area contributed by atoms with Gasteiger partial charge in [0.2, 0.25) is 17.8 Å². The quantitative estimate of drug-likeness (QED) is 0.710. The van der Waals surface area contributed by atoms with Gasteiger partial charge in [-0.15, -0.1) is 0 Å². The van der Waals surface area contributed by atoms with Crippen LogP contribution < -0.4 is 15.4 Å². The van der Waals surface area contributed by atoms with Gasteiger partial charge < -0.3 is 14.8 Å². The molecule has 1 aromatic heterocycles. The number of amides is 1. The summed E-state index contributed by atoms with van der Waals surface area (Å²) >= 11 is 0. The average molecular weight is 359 g/mol. The Bertz CT molecular complexity index is 739. The molecule has 8 nitrogen and oxygen atoms in total. The Kier molecular flexibility index (Phi) is 7.28. The van der Waals surface area contributed by atoms with Gasteiger partial charge in [0, 0.05) is 18.0 Å². The van der Waals surface area contributed by atoms with Gasteiger partial charge in [0.25, 0.3) is 0 Å². The first-order chi connectivity index (χ1) is 12.5. The van der Waals surface area contributed by atoms with Crippen molar-refractivity contribution in [3.05, 3.63) is 35.7 Å². The molecular weight excluding hydrogens is 334 g/mol. The molecular formula is C18H25N5O3. The maximum atomic E-state index is 11.5. The lowest BCUT2D eigenvalue weighted by molar-refractivity contribution is -0.115. The molecule has 1 aromatic carbocycles. The lowest BCUT2D eigenvalue weighted by Crippen LogP contribution is -2.24. The van der Waals surface area contributed by atoms with E-state index in [1.54, 1.807) is 21.0 Å². The van der Waals surface area contributed by atoms with Crippen LogP contribution >= 0.6 is 0 Å². The minimum Gasteiger partial charge on any atom is -0.496 e. The molecule has 1 amide bonds. The Morgan fingerprint density at radius 2 is 1.92 bits per heavy atom. The first-order valence-corrected chi connectivity index (χ1v) is 8.50. The lowest BCUT2D eigenvalue weighted by Gasteiger charge is -2.15. The highest BCUT2D eigenvalue weighted by Gasteiger charge is 2.10. The van der Waals surface area contributed by atoms with Crippen LogP contribution in [0.4, 0.5) is 11.9 Å². The van der Waals surface area contributed by atoms with E-state index in [9.17, 15) is 4.79 Å². The van der Waals surface area contributed by atoms with Gasteiger partial charge in [0.05, 0.1) is 20.3 Å². The number of benzene rings is 1. The first-order valence-electron chi connectivity index (χ1n) is 8.50. The van der Waals surface area contributed by atoms with Crippen molar-refractivity contribution in [1.29, 1.82) is 0 Å². The Balaban J connectivity index is 1.89. The zero-order valence-corrected chi connectivity index (χ0v) is 15.6. The number of anilines is 2. The second-order valence-corrected chi connectivity index (χ2v) is 5.80. The van der Waals surface area contributed by atoms with Gasteiger partial charge in [-0.25, -0.2) is 0 Å². The fraction of sp³-hybridized carbons (Fsp3) is 0.444. The summed E-state index contributed by atoms with van der Waals surface area (Å²) in [4.78, 5) is 24.1. The van der Waals surface area contributed by atoms with Crippen molar-refractivity contribution in [3.8, 4) is 5.75 Å². The molecule has 140 valence electrons. The van der Waals surface area contributed by atoms with E-state index in [4.69, 9.17) is 9.47 Å². The topological polar surface area (TPSA) is 98.3 Å². The van der Waals surface area contributed by atoms with Crippen LogP contribution in [0.5, 0.6) is 5.75 Å². The Labute approximate surface area is 153 Å². The van der Waals surface area contributed by atoms with E-state index >= 15 is 0 Å². The zero-order valence-electron chi connectivity index (χ0n) is 15.6. The number of para-hydroxylation sites is 1. The summed E-state index contributed by atoms with van der Waals surface area (Å²) in [6.45, 7) is 6.39. The van der Waals surface area contributed by atoms with E-state index in [-0.39, 0.29) is 17.9 Å². The summed E-state index contributed by atoms with van der Waals surface area (Å²) in [6, 6.07) is 7.71. The molecule has 1 atom stereocenters. The molecule has 0 saturated heterocycles. The van der Waals surface area contributed by atoms with Crippen molar-refractivity contribution < 1.29 is 14.3 Å². The molecule has 2 rings (SSSR count). The van der Waals surface area contributed by atoms with Gasteiger partial charge in [-0.1, -0.05) is 25.1 Å². The number of hydrogen-bond acceptors (Lipinski definition) is 7. The Morgan fingerprint density at radius 1 is 1.19 bits per heavy atom. The third kappa shape index (κ3) is 5.96. The average Bonchev–Trinajstić information content (AvgIpc) is 2.61. The molecule has 26 heavy (non-hydrogen) atoms. The normalized spacial score (nSPS) is 11.7. The highest BCUT2D eigenvalue weighted by atomic mass is 16.5. The van der Waals surface area contributed by atoms with E-state index in [0.717, 1.165) is 11.3 Å². The van der Waals surface area contributed by atoms with E-state index in [1.165, 1.54) is 0 Å². The molecule has 1 heterocycles. The molecule has 0 radical (unpaired) electrons. The molecule has 8 heteroatoms. The zero-order chi connectivity index (χ0) is 18.9. The largest absolute Gasteiger partial charge is 0.496 e. The molecule has 0 saturated carbocycles. The van der Waals surface area contributed by atoms with Crippen molar-refractivity contribution in [1.82, 2.24) is 15.0 Å². The van der Waals surface area contributed by atoms with Crippen LogP contribution in [-0.4, -0.2) is 40.6 Å². The van der Waals surface area contributed by atoms with Gasteiger partial charge in [-0.3, -0.25) is 10.1 Å². The van der Waals surface area contributed by atoms with Gasteiger partial charge >= 0.3 is 0 Å². The number of nitrogens with one attached hydrogen (secondary N) is 2. The predicted octanol–water partition coefficient (Wildman–Crippen LogP) is 2.55.